The van der Waals surface area contributed by atoms with Gasteiger partial charge in [-0.25, -0.2) is 0 Å². The molecule has 16 heavy (non-hydrogen) atoms. The van der Waals surface area contributed by atoms with E-state index in [9.17, 15) is 0 Å². The number of ether oxygens (including phenoxy) is 1. The molecule has 0 saturated heterocycles. The summed E-state index contributed by atoms with van der Waals surface area (Å²) in [4.78, 5) is 0. The van der Waals surface area contributed by atoms with E-state index < -0.39 is 0 Å². The fraction of sp³-hybridized carbons (Fsp3) is 0.538. The minimum Gasteiger partial charge on any atom is -0.489 e. The van der Waals surface area contributed by atoms with E-state index in [-0.39, 0.29) is 6.10 Å². The van der Waals surface area contributed by atoms with Crippen LogP contribution in [0.2, 0.25) is 5.02 Å². The van der Waals surface area contributed by atoms with Gasteiger partial charge < -0.3 is 10.1 Å². The quantitative estimate of drug-likeness (QED) is 0.771. The minimum absolute atomic E-state index is 0.202. The molecule has 1 unspecified atom stereocenters. The Bertz CT molecular complexity index is 328. The zero-order valence-corrected chi connectivity index (χ0v) is 11.0. The number of aryl methyl sites for hydroxylation is 1. The maximum atomic E-state index is 6.10. The summed E-state index contributed by atoms with van der Waals surface area (Å²) in [5, 5.41) is 3.82. The highest BCUT2D eigenvalue weighted by molar-refractivity contribution is 6.32. The van der Waals surface area contributed by atoms with Gasteiger partial charge in [0.15, 0.2) is 0 Å². The Balaban J connectivity index is 2.46. The lowest BCUT2D eigenvalue weighted by Crippen LogP contribution is -2.15. The van der Waals surface area contributed by atoms with E-state index in [1.54, 1.807) is 0 Å². The van der Waals surface area contributed by atoms with Crippen molar-refractivity contribution in [3.8, 4) is 5.75 Å². The molecule has 0 aliphatic carbocycles. The van der Waals surface area contributed by atoms with Crippen LogP contribution in [0.5, 0.6) is 5.75 Å². The van der Waals surface area contributed by atoms with Crippen molar-refractivity contribution in [1.29, 1.82) is 0 Å². The smallest absolute Gasteiger partial charge is 0.138 e. The Kier molecular flexibility index (Phi) is 5.64. The van der Waals surface area contributed by atoms with Crippen molar-refractivity contribution in [3.05, 3.63) is 28.8 Å². The van der Waals surface area contributed by atoms with Crippen LogP contribution in [0.15, 0.2) is 18.2 Å². The number of benzene rings is 1. The standard InChI is InChI=1S/C13H20ClNO/c1-10-6-7-13(12(14)9-10)16-11(2)5-4-8-15-3/h6-7,9,11,15H,4-5,8H2,1-3H3. The average Bonchev–Trinajstić information content (AvgIpc) is 2.23. The molecule has 0 spiro atoms. The van der Waals surface area contributed by atoms with Crippen LogP contribution < -0.4 is 10.1 Å². The van der Waals surface area contributed by atoms with Crippen molar-refractivity contribution < 1.29 is 4.74 Å². The highest BCUT2D eigenvalue weighted by atomic mass is 35.5. The Morgan fingerprint density at radius 3 is 2.81 bits per heavy atom. The SMILES string of the molecule is CNCCCC(C)Oc1ccc(C)cc1Cl. The predicted molar refractivity (Wildman–Crippen MR) is 69.4 cm³/mol. The van der Waals surface area contributed by atoms with Gasteiger partial charge in [0.1, 0.15) is 5.75 Å². The molecule has 0 aliphatic rings. The van der Waals surface area contributed by atoms with Gasteiger partial charge in [-0.3, -0.25) is 0 Å². The van der Waals surface area contributed by atoms with E-state index in [1.807, 2.05) is 32.2 Å². The molecular formula is C13H20ClNO. The Morgan fingerprint density at radius 1 is 1.44 bits per heavy atom. The first kappa shape index (κ1) is 13.3. The van der Waals surface area contributed by atoms with E-state index >= 15 is 0 Å². The first-order valence-corrected chi connectivity index (χ1v) is 6.08. The molecular weight excluding hydrogens is 222 g/mol. The van der Waals surface area contributed by atoms with Crippen LogP contribution in [0.25, 0.3) is 0 Å². The molecule has 0 amide bonds. The molecule has 1 atom stereocenters. The zero-order valence-electron chi connectivity index (χ0n) is 10.2. The van der Waals surface area contributed by atoms with E-state index in [4.69, 9.17) is 16.3 Å². The lowest BCUT2D eigenvalue weighted by molar-refractivity contribution is 0.208. The second kappa shape index (κ2) is 6.77. The molecule has 3 heteroatoms. The van der Waals surface area contributed by atoms with E-state index in [1.165, 1.54) is 0 Å². The van der Waals surface area contributed by atoms with E-state index in [0.29, 0.717) is 5.02 Å². The fourth-order valence-corrected chi connectivity index (χ4v) is 1.82. The van der Waals surface area contributed by atoms with Crippen LogP contribution in [0.1, 0.15) is 25.3 Å². The van der Waals surface area contributed by atoms with Crippen LogP contribution >= 0.6 is 11.6 Å². The van der Waals surface area contributed by atoms with Gasteiger partial charge in [-0.05, 0) is 58.0 Å². The number of halogens is 1. The highest BCUT2D eigenvalue weighted by Gasteiger charge is 2.07. The molecule has 90 valence electrons. The molecule has 0 bridgehead atoms. The van der Waals surface area contributed by atoms with E-state index in [2.05, 4.69) is 12.2 Å². The second-order valence-corrected chi connectivity index (χ2v) is 4.52. The number of hydrogen-bond acceptors (Lipinski definition) is 2. The third-order valence-electron chi connectivity index (χ3n) is 2.45. The van der Waals surface area contributed by atoms with Crippen molar-refractivity contribution >= 4 is 11.6 Å². The maximum Gasteiger partial charge on any atom is 0.138 e. The molecule has 0 fully saturated rings. The van der Waals surface area contributed by atoms with Crippen LogP contribution in [0.3, 0.4) is 0 Å². The van der Waals surface area contributed by atoms with Crippen molar-refractivity contribution in [1.82, 2.24) is 5.32 Å². The molecule has 0 heterocycles. The predicted octanol–water partition coefficient (Wildman–Crippen LogP) is 3.42. The van der Waals surface area contributed by atoms with Crippen LogP contribution in [-0.2, 0) is 0 Å². The third kappa shape index (κ3) is 4.42. The molecule has 1 rings (SSSR count). The summed E-state index contributed by atoms with van der Waals surface area (Å²) >= 11 is 6.10. The number of nitrogens with one attached hydrogen (secondary N) is 1. The molecule has 1 aromatic rings. The number of rotatable bonds is 6. The van der Waals surface area contributed by atoms with Crippen LogP contribution in [-0.4, -0.2) is 19.7 Å². The lowest BCUT2D eigenvalue weighted by atomic mass is 10.2. The molecule has 2 nitrogen and oxygen atoms in total. The van der Waals surface area contributed by atoms with Gasteiger partial charge in [-0.15, -0.1) is 0 Å². The van der Waals surface area contributed by atoms with Gasteiger partial charge >= 0.3 is 0 Å². The highest BCUT2D eigenvalue weighted by Crippen LogP contribution is 2.26. The summed E-state index contributed by atoms with van der Waals surface area (Å²) in [5.41, 5.74) is 1.15. The van der Waals surface area contributed by atoms with Crippen molar-refractivity contribution in [2.45, 2.75) is 32.8 Å². The Morgan fingerprint density at radius 2 is 2.19 bits per heavy atom. The molecule has 0 radical (unpaired) electrons. The largest absolute Gasteiger partial charge is 0.489 e. The Labute approximate surface area is 103 Å². The fourth-order valence-electron chi connectivity index (χ4n) is 1.54. The third-order valence-corrected chi connectivity index (χ3v) is 2.75. The van der Waals surface area contributed by atoms with Gasteiger partial charge in [0, 0.05) is 0 Å². The van der Waals surface area contributed by atoms with Crippen molar-refractivity contribution in [3.63, 3.8) is 0 Å². The molecule has 0 saturated carbocycles. The monoisotopic (exact) mass is 241 g/mol. The van der Waals surface area contributed by atoms with Gasteiger partial charge in [-0.1, -0.05) is 17.7 Å². The van der Waals surface area contributed by atoms with Crippen LogP contribution in [0, 0.1) is 6.92 Å². The normalized spacial score (nSPS) is 12.5. The van der Waals surface area contributed by atoms with Gasteiger partial charge in [0.2, 0.25) is 0 Å². The van der Waals surface area contributed by atoms with Crippen molar-refractivity contribution in [2.75, 3.05) is 13.6 Å². The average molecular weight is 242 g/mol. The summed E-state index contributed by atoms with van der Waals surface area (Å²) in [7, 11) is 1.96. The lowest BCUT2D eigenvalue weighted by Gasteiger charge is -2.15. The van der Waals surface area contributed by atoms with E-state index in [0.717, 1.165) is 30.7 Å². The number of hydrogen-bond donors (Lipinski definition) is 1. The molecule has 0 aromatic heterocycles. The first-order chi connectivity index (χ1) is 7.63. The summed E-state index contributed by atoms with van der Waals surface area (Å²) < 4.78 is 5.79. The molecule has 1 N–H and O–H groups in total. The topological polar surface area (TPSA) is 21.3 Å². The van der Waals surface area contributed by atoms with Crippen molar-refractivity contribution in [2.24, 2.45) is 0 Å². The zero-order chi connectivity index (χ0) is 12.0. The summed E-state index contributed by atoms with van der Waals surface area (Å²) in [6.45, 7) is 5.12. The molecule has 0 aliphatic heterocycles. The minimum atomic E-state index is 0.202. The Hall–Kier alpha value is -0.730. The molecule has 1 aromatic carbocycles. The first-order valence-electron chi connectivity index (χ1n) is 5.71. The van der Waals surface area contributed by atoms with Crippen LogP contribution in [0.4, 0.5) is 0 Å². The van der Waals surface area contributed by atoms with Gasteiger partial charge in [0.25, 0.3) is 0 Å². The summed E-state index contributed by atoms with van der Waals surface area (Å²) in [6, 6.07) is 5.88. The summed E-state index contributed by atoms with van der Waals surface area (Å²) in [6.07, 6.45) is 2.35. The second-order valence-electron chi connectivity index (χ2n) is 4.11. The maximum absolute atomic E-state index is 6.10. The summed E-state index contributed by atoms with van der Waals surface area (Å²) in [5.74, 6) is 0.782. The van der Waals surface area contributed by atoms with Gasteiger partial charge in [0.05, 0.1) is 11.1 Å². The van der Waals surface area contributed by atoms with Gasteiger partial charge in [-0.2, -0.15) is 0 Å².